The maximum Gasteiger partial charge on any atom is 0.248 e. The third-order valence-corrected chi connectivity index (χ3v) is 4.14. The summed E-state index contributed by atoms with van der Waals surface area (Å²) < 4.78 is 1.96. The van der Waals surface area contributed by atoms with Gasteiger partial charge in [0.1, 0.15) is 11.9 Å². The highest BCUT2D eigenvalue weighted by Crippen LogP contribution is 2.40. The van der Waals surface area contributed by atoms with Crippen LogP contribution in [0.3, 0.4) is 0 Å². The van der Waals surface area contributed by atoms with Crippen LogP contribution in [0.15, 0.2) is 5.16 Å². The molecule has 1 amide bonds. The van der Waals surface area contributed by atoms with Crippen LogP contribution in [0.2, 0.25) is 0 Å². The largest absolute Gasteiger partial charge is 0.310 e. The molecule has 0 saturated heterocycles. The molecule has 3 heterocycles. The molecule has 3 aliphatic rings. The highest BCUT2D eigenvalue weighted by molar-refractivity contribution is 7.98. The van der Waals surface area contributed by atoms with Crippen LogP contribution in [0, 0.1) is 13.8 Å². The normalized spacial score (nSPS) is 18.2. The molecule has 0 fully saturated rings. The molecule has 3 rings (SSSR count). The first-order chi connectivity index (χ1) is 8.54. The fourth-order valence-electron chi connectivity index (χ4n) is 2.34. The summed E-state index contributed by atoms with van der Waals surface area (Å²) in [5.41, 5.74) is 3.01. The molecule has 1 N–H and O–H groups in total. The summed E-state index contributed by atoms with van der Waals surface area (Å²) in [7, 11) is 0. The van der Waals surface area contributed by atoms with Gasteiger partial charge in [-0.15, -0.1) is 0 Å². The fourth-order valence-corrected chi connectivity index (χ4v) is 2.96. The minimum atomic E-state index is -0.214. The molecule has 6 heteroatoms. The van der Waals surface area contributed by atoms with Crippen molar-refractivity contribution in [2.24, 2.45) is 0 Å². The number of amides is 1. The quantitative estimate of drug-likeness (QED) is 0.632. The van der Waals surface area contributed by atoms with Crippen molar-refractivity contribution in [1.29, 1.82) is 0 Å². The van der Waals surface area contributed by atoms with Crippen LogP contribution in [0.25, 0.3) is 11.4 Å². The van der Waals surface area contributed by atoms with Crippen molar-refractivity contribution in [1.82, 2.24) is 14.5 Å². The van der Waals surface area contributed by atoms with E-state index >= 15 is 0 Å². The molecule has 18 heavy (non-hydrogen) atoms. The standard InChI is InChI=1S/C12H14N4OS/c1-5-6(2)13-9-8(5)10-15-11(17)7(3)16(10)12(14-9)18-4/h7H,1-4H3,(H,15,17). The van der Waals surface area contributed by atoms with Crippen LogP contribution in [0.4, 0.5) is 5.82 Å². The molecular formula is C12H14N4OS. The van der Waals surface area contributed by atoms with E-state index in [2.05, 4.69) is 15.3 Å². The SMILES string of the molecule is CSc1nc2nc(C)c(C)c-2c2n1C(C)C(=O)N2. The Morgan fingerprint density at radius 1 is 1.33 bits per heavy atom. The van der Waals surface area contributed by atoms with Crippen LogP contribution in [-0.2, 0) is 4.79 Å². The van der Waals surface area contributed by atoms with E-state index < -0.39 is 0 Å². The highest BCUT2D eigenvalue weighted by Gasteiger charge is 2.34. The molecule has 0 bridgehead atoms. The zero-order valence-electron chi connectivity index (χ0n) is 10.7. The van der Waals surface area contributed by atoms with Crippen molar-refractivity contribution in [3.05, 3.63) is 11.3 Å². The third kappa shape index (κ3) is 1.32. The second kappa shape index (κ2) is 3.71. The molecule has 0 aromatic heterocycles. The van der Waals surface area contributed by atoms with Crippen LogP contribution >= 0.6 is 11.8 Å². The van der Waals surface area contributed by atoms with E-state index in [0.29, 0.717) is 0 Å². The van der Waals surface area contributed by atoms with Gasteiger partial charge in [-0.1, -0.05) is 11.8 Å². The summed E-state index contributed by atoms with van der Waals surface area (Å²) in [4.78, 5) is 20.9. The Morgan fingerprint density at radius 2 is 2.06 bits per heavy atom. The molecule has 0 radical (unpaired) electrons. The Bertz CT molecular complexity index is 634. The number of nitrogens with zero attached hydrogens (tertiary/aromatic N) is 3. The van der Waals surface area contributed by atoms with Crippen molar-refractivity contribution >= 4 is 23.5 Å². The van der Waals surface area contributed by atoms with E-state index in [4.69, 9.17) is 0 Å². The highest BCUT2D eigenvalue weighted by atomic mass is 32.2. The summed E-state index contributed by atoms with van der Waals surface area (Å²) >= 11 is 1.53. The molecule has 5 nitrogen and oxygen atoms in total. The van der Waals surface area contributed by atoms with Crippen LogP contribution in [-0.4, -0.2) is 26.7 Å². The summed E-state index contributed by atoms with van der Waals surface area (Å²) in [6.07, 6.45) is 1.96. The molecule has 0 aromatic carbocycles. The lowest BCUT2D eigenvalue weighted by molar-refractivity contribution is -0.117. The fraction of sp³-hybridized carbons (Fsp3) is 0.417. The Hall–Kier alpha value is -1.56. The van der Waals surface area contributed by atoms with Crippen molar-refractivity contribution in [3.63, 3.8) is 0 Å². The third-order valence-electron chi connectivity index (χ3n) is 3.49. The number of hydrogen-bond donors (Lipinski definition) is 1. The first-order valence-electron chi connectivity index (χ1n) is 5.78. The lowest BCUT2D eigenvalue weighted by Crippen LogP contribution is -2.12. The van der Waals surface area contributed by atoms with Gasteiger partial charge in [-0.05, 0) is 32.6 Å². The number of thioether (sulfide) groups is 1. The second-order valence-corrected chi connectivity index (χ2v) is 5.28. The molecule has 1 atom stereocenters. The van der Waals surface area contributed by atoms with E-state index in [9.17, 15) is 4.79 Å². The van der Waals surface area contributed by atoms with Gasteiger partial charge in [-0.25, -0.2) is 9.97 Å². The molecular weight excluding hydrogens is 248 g/mol. The van der Waals surface area contributed by atoms with E-state index in [0.717, 1.165) is 33.6 Å². The number of carbonyl (C=O) groups is 1. The Kier molecular flexibility index (Phi) is 2.38. The molecule has 3 aliphatic heterocycles. The average Bonchev–Trinajstić information content (AvgIpc) is 2.78. The van der Waals surface area contributed by atoms with Crippen molar-refractivity contribution in [3.8, 4) is 11.4 Å². The summed E-state index contributed by atoms with van der Waals surface area (Å²) in [5, 5.41) is 3.77. The number of hydrogen-bond acceptors (Lipinski definition) is 4. The first-order valence-corrected chi connectivity index (χ1v) is 7.01. The average molecular weight is 262 g/mol. The van der Waals surface area contributed by atoms with Crippen molar-refractivity contribution < 1.29 is 4.79 Å². The number of fused-ring (bicyclic) bond motifs is 3. The molecule has 0 aliphatic carbocycles. The number of nitrogens with one attached hydrogen (secondary N) is 1. The van der Waals surface area contributed by atoms with Gasteiger partial charge in [0.15, 0.2) is 11.0 Å². The van der Waals surface area contributed by atoms with E-state index in [1.165, 1.54) is 11.8 Å². The van der Waals surface area contributed by atoms with E-state index in [1.54, 1.807) is 0 Å². The minimum absolute atomic E-state index is 0.0119. The number of rotatable bonds is 1. The van der Waals surface area contributed by atoms with Gasteiger partial charge in [-0.3, -0.25) is 9.36 Å². The molecule has 94 valence electrons. The van der Waals surface area contributed by atoms with Crippen molar-refractivity contribution in [2.45, 2.75) is 32.0 Å². The minimum Gasteiger partial charge on any atom is -0.310 e. The summed E-state index contributed by atoms with van der Waals surface area (Å²) in [6, 6.07) is -0.214. The molecule has 0 saturated carbocycles. The maximum atomic E-state index is 11.9. The predicted octanol–water partition coefficient (Wildman–Crippen LogP) is 2.23. The smallest absolute Gasteiger partial charge is 0.248 e. The molecule has 0 aromatic rings. The zero-order chi connectivity index (χ0) is 13.0. The number of aryl methyl sites for hydroxylation is 1. The topological polar surface area (TPSA) is 59.8 Å². The Morgan fingerprint density at radius 3 is 2.72 bits per heavy atom. The van der Waals surface area contributed by atoms with Gasteiger partial charge in [0, 0.05) is 5.69 Å². The molecule has 0 spiro atoms. The van der Waals surface area contributed by atoms with Crippen LogP contribution in [0.1, 0.15) is 24.2 Å². The maximum absolute atomic E-state index is 11.9. The van der Waals surface area contributed by atoms with Gasteiger partial charge in [0.25, 0.3) is 0 Å². The van der Waals surface area contributed by atoms with Gasteiger partial charge in [0.05, 0.1) is 5.56 Å². The number of aromatic nitrogens is 3. The van der Waals surface area contributed by atoms with Crippen molar-refractivity contribution in [2.75, 3.05) is 11.6 Å². The molecule has 1 unspecified atom stereocenters. The summed E-state index contributed by atoms with van der Waals surface area (Å²) in [6.45, 7) is 5.87. The monoisotopic (exact) mass is 262 g/mol. The van der Waals surface area contributed by atoms with Gasteiger partial charge in [0.2, 0.25) is 5.91 Å². The lowest BCUT2D eigenvalue weighted by atomic mass is 10.1. The first kappa shape index (κ1) is 11.5. The van der Waals surface area contributed by atoms with Gasteiger partial charge >= 0.3 is 0 Å². The number of carbonyl (C=O) groups excluding carboxylic acids is 1. The van der Waals surface area contributed by atoms with Crippen LogP contribution in [0.5, 0.6) is 0 Å². The lowest BCUT2D eigenvalue weighted by Gasteiger charge is -2.14. The van der Waals surface area contributed by atoms with E-state index in [-0.39, 0.29) is 11.9 Å². The van der Waals surface area contributed by atoms with E-state index in [1.807, 2.05) is 31.6 Å². The predicted molar refractivity (Wildman–Crippen MR) is 71.2 cm³/mol. The Labute approximate surface area is 109 Å². The van der Waals surface area contributed by atoms with Gasteiger partial charge in [-0.2, -0.15) is 0 Å². The second-order valence-electron chi connectivity index (χ2n) is 4.50. The van der Waals surface area contributed by atoms with Gasteiger partial charge < -0.3 is 5.32 Å². The van der Waals surface area contributed by atoms with Crippen LogP contribution < -0.4 is 5.32 Å². The zero-order valence-corrected chi connectivity index (χ0v) is 11.6. The summed E-state index contributed by atoms with van der Waals surface area (Å²) in [5.74, 6) is 1.56. The Balaban J connectivity index is 2.41. The number of anilines is 1.